The van der Waals surface area contributed by atoms with Crippen LogP contribution in [0.2, 0.25) is 0 Å². The summed E-state index contributed by atoms with van der Waals surface area (Å²) >= 11 is 0. The predicted molar refractivity (Wildman–Crippen MR) is 78.7 cm³/mol. The third-order valence-electron chi connectivity index (χ3n) is 4.08. The number of hydrogen-bond donors (Lipinski definition) is 1. The molecule has 1 saturated heterocycles. The highest BCUT2D eigenvalue weighted by atomic mass is 16.5. The van der Waals surface area contributed by atoms with Crippen LogP contribution in [0.1, 0.15) is 18.4 Å². The number of benzene rings is 1. The average Bonchev–Trinajstić information content (AvgIpc) is 2.87. The smallest absolute Gasteiger partial charge is 0.304 e. The van der Waals surface area contributed by atoms with Crippen molar-refractivity contribution in [3.8, 4) is 11.5 Å². The Morgan fingerprint density at radius 1 is 1.52 bits per heavy atom. The molecular weight excluding hydrogens is 270 g/mol. The maximum absolute atomic E-state index is 10.7. The Bertz CT molecular complexity index is 584. The number of nitrogens with zero attached hydrogens (tertiary/aromatic N) is 1. The standard InChI is InChI=1S/C16H19NO4/c1-20-13-3-2-12-4-6-16(21-14(12)10-13)7-9-17(11-16)8-5-15(18)19/h2-4,6,10H,5,7-9,11H2,1H3,(H,18,19). The van der Waals surface area contributed by atoms with Gasteiger partial charge in [0.1, 0.15) is 17.1 Å². The van der Waals surface area contributed by atoms with Crippen LogP contribution in [0.3, 0.4) is 0 Å². The molecule has 2 heterocycles. The van der Waals surface area contributed by atoms with E-state index in [0.29, 0.717) is 6.54 Å². The van der Waals surface area contributed by atoms with E-state index >= 15 is 0 Å². The van der Waals surface area contributed by atoms with Gasteiger partial charge in [-0.1, -0.05) is 6.08 Å². The SMILES string of the molecule is COc1ccc2c(c1)OC1(C=C2)CCN(CCC(=O)O)C1. The monoisotopic (exact) mass is 289 g/mol. The van der Waals surface area contributed by atoms with Gasteiger partial charge in [-0.25, -0.2) is 0 Å². The van der Waals surface area contributed by atoms with Crippen molar-refractivity contribution >= 4 is 12.0 Å². The molecule has 0 radical (unpaired) electrons. The van der Waals surface area contributed by atoms with Gasteiger partial charge in [-0.05, 0) is 18.2 Å². The number of hydrogen-bond acceptors (Lipinski definition) is 4. The normalized spacial score (nSPS) is 23.9. The Hall–Kier alpha value is -2.01. The van der Waals surface area contributed by atoms with E-state index in [4.69, 9.17) is 14.6 Å². The summed E-state index contributed by atoms with van der Waals surface area (Å²) in [6.07, 6.45) is 5.23. The number of likely N-dealkylation sites (tertiary alicyclic amines) is 1. The van der Waals surface area contributed by atoms with Crippen molar-refractivity contribution in [2.45, 2.75) is 18.4 Å². The molecule has 1 aromatic rings. The summed E-state index contributed by atoms with van der Waals surface area (Å²) in [5, 5.41) is 8.78. The first kappa shape index (κ1) is 13.9. The first-order valence-corrected chi connectivity index (χ1v) is 7.11. The Morgan fingerprint density at radius 2 is 2.38 bits per heavy atom. The Morgan fingerprint density at radius 3 is 3.14 bits per heavy atom. The van der Waals surface area contributed by atoms with Crippen LogP contribution in [0, 0.1) is 0 Å². The molecule has 5 heteroatoms. The second-order valence-electron chi connectivity index (χ2n) is 5.57. The molecule has 0 saturated carbocycles. The molecule has 2 aliphatic heterocycles. The maximum atomic E-state index is 10.7. The Kier molecular flexibility index (Phi) is 3.59. The van der Waals surface area contributed by atoms with Gasteiger partial charge < -0.3 is 14.6 Å². The van der Waals surface area contributed by atoms with E-state index in [2.05, 4.69) is 17.1 Å². The number of rotatable bonds is 4. The fraction of sp³-hybridized carbons (Fsp3) is 0.438. The van der Waals surface area contributed by atoms with Crippen LogP contribution in [-0.4, -0.2) is 48.3 Å². The lowest BCUT2D eigenvalue weighted by Crippen LogP contribution is -2.39. The highest BCUT2D eigenvalue weighted by Crippen LogP contribution is 2.38. The molecule has 0 amide bonds. The van der Waals surface area contributed by atoms with Crippen LogP contribution in [0.5, 0.6) is 11.5 Å². The van der Waals surface area contributed by atoms with E-state index in [1.54, 1.807) is 7.11 Å². The highest BCUT2D eigenvalue weighted by Gasteiger charge is 2.40. The number of carboxylic acid groups (broad SMARTS) is 1. The van der Waals surface area contributed by atoms with Gasteiger partial charge in [0.2, 0.25) is 0 Å². The molecule has 1 spiro atoms. The van der Waals surface area contributed by atoms with Crippen molar-refractivity contribution in [1.29, 1.82) is 0 Å². The van der Waals surface area contributed by atoms with E-state index in [-0.39, 0.29) is 12.0 Å². The van der Waals surface area contributed by atoms with Crippen molar-refractivity contribution in [3.05, 3.63) is 29.8 Å². The van der Waals surface area contributed by atoms with E-state index in [0.717, 1.165) is 36.6 Å². The van der Waals surface area contributed by atoms with Crippen LogP contribution in [0.4, 0.5) is 0 Å². The van der Waals surface area contributed by atoms with Crippen molar-refractivity contribution in [1.82, 2.24) is 4.90 Å². The summed E-state index contributed by atoms with van der Waals surface area (Å²) in [5.74, 6) is 0.850. The van der Waals surface area contributed by atoms with Crippen LogP contribution >= 0.6 is 0 Å². The minimum Gasteiger partial charge on any atom is -0.497 e. The van der Waals surface area contributed by atoms with Gasteiger partial charge in [0, 0.05) is 37.7 Å². The van der Waals surface area contributed by atoms with Crippen LogP contribution in [0.25, 0.3) is 6.08 Å². The summed E-state index contributed by atoms with van der Waals surface area (Å²) in [6, 6.07) is 5.80. The zero-order chi connectivity index (χ0) is 14.9. The topological polar surface area (TPSA) is 59.0 Å². The lowest BCUT2D eigenvalue weighted by atomic mass is 9.97. The van der Waals surface area contributed by atoms with Crippen LogP contribution in [0.15, 0.2) is 24.3 Å². The van der Waals surface area contributed by atoms with Crippen molar-refractivity contribution in [2.75, 3.05) is 26.7 Å². The minimum absolute atomic E-state index is 0.171. The number of fused-ring (bicyclic) bond motifs is 1. The van der Waals surface area contributed by atoms with E-state index in [9.17, 15) is 4.79 Å². The quantitative estimate of drug-likeness (QED) is 0.919. The zero-order valence-electron chi connectivity index (χ0n) is 12.0. The van der Waals surface area contributed by atoms with Gasteiger partial charge in [0.25, 0.3) is 0 Å². The number of ether oxygens (including phenoxy) is 2. The molecule has 0 aromatic heterocycles. The molecule has 5 nitrogen and oxygen atoms in total. The molecule has 1 atom stereocenters. The summed E-state index contributed by atoms with van der Waals surface area (Å²) in [6.45, 7) is 2.16. The van der Waals surface area contributed by atoms with Gasteiger partial charge in [0.05, 0.1) is 13.5 Å². The van der Waals surface area contributed by atoms with Crippen molar-refractivity contribution in [3.63, 3.8) is 0 Å². The lowest BCUT2D eigenvalue weighted by molar-refractivity contribution is -0.137. The molecule has 1 N–H and O–H groups in total. The fourth-order valence-electron chi connectivity index (χ4n) is 2.91. The summed E-state index contributed by atoms with van der Waals surface area (Å²) < 4.78 is 11.4. The molecule has 0 bridgehead atoms. The van der Waals surface area contributed by atoms with Gasteiger partial charge in [-0.2, -0.15) is 0 Å². The summed E-state index contributed by atoms with van der Waals surface area (Å²) in [4.78, 5) is 12.8. The number of carbonyl (C=O) groups is 1. The fourth-order valence-corrected chi connectivity index (χ4v) is 2.91. The van der Waals surface area contributed by atoms with Gasteiger partial charge in [-0.3, -0.25) is 9.69 Å². The molecular formula is C16H19NO4. The Balaban J connectivity index is 1.72. The van der Waals surface area contributed by atoms with Crippen LogP contribution < -0.4 is 9.47 Å². The maximum Gasteiger partial charge on any atom is 0.304 e. The first-order valence-electron chi connectivity index (χ1n) is 7.11. The third kappa shape index (κ3) is 2.88. The van der Waals surface area contributed by atoms with Crippen LogP contribution in [-0.2, 0) is 4.79 Å². The average molecular weight is 289 g/mol. The largest absolute Gasteiger partial charge is 0.497 e. The second-order valence-corrected chi connectivity index (χ2v) is 5.57. The van der Waals surface area contributed by atoms with E-state index < -0.39 is 5.97 Å². The number of methoxy groups -OCH3 is 1. The van der Waals surface area contributed by atoms with E-state index in [1.165, 1.54) is 0 Å². The van der Waals surface area contributed by atoms with Crippen molar-refractivity contribution in [2.24, 2.45) is 0 Å². The summed E-state index contributed by atoms with van der Waals surface area (Å²) in [5.41, 5.74) is 0.711. The van der Waals surface area contributed by atoms with Gasteiger partial charge >= 0.3 is 5.97 Å². The van der Waals surface area contributed by atoms with Gasteiger partial charge in [0.15, 0.2) is 0 Å². The van der Waals surface area contributed by atoms with Gasteiger partial charge in [-0.15, -0.1) is 0 Å². The molecule has 1 aromatic carbocycles. The minimum atomic E-state index is -0.758. The molecule has 0 aliphatic carbocycles. The molecule has 1 unspecified atom stereocenters. The zero-order valence-corrected chi connectivity index (χ0v) is 12.0. The van der Waals surface area contributed by atoms with Crippen molar-refractivity contribution < 1.29 is 19.4 Å². The third-order valence-corrected chi connectivity index (χ3v) is 4.08. The number of carboxylic acids is 1. The first-order chi connectivity index (χ1) is 10.1. The highest BCUT2D eigenvalue weighted by molar-refractivity contribution is 5.67. The molecule has 112 valence electrons. The molecule has 2 aliphatic rings. The molecule has 21 heavy (non-hydrogen) atoms. The summed E-state index contributed by atoms with van der Waals surface area (Å²) in [7, 11) is 1.64. The number of aliphatic carboxylic acids is 1. The van der Waals surface area contributed by atoms with E-state index in [1.807, 2.05) is 18.2 Å². The molecule has 3 rings (SSSR count). The second kappa shape index (κ2) is 5.41. The molecule has 1 fully saturated rings. The predicted octanol–water partition coefficient (Wildman–Crippen LogP) is 2.02. The lowest BCUT2D eigenvalue weighted by Gasteiger charge is -2.31. The Labute approximate surface area is 123 Å².